The number of hydrogen-bond acceptors (Lipinski definition) is 4. The second kappa shape index (κ2) is 5.47. The molecule has 4 heteroatoms. The molecule has 0 spiro atoms. The van der Waals surface area contributed by atoms with Crippen molar-refractivity contribution in [3.05, 3.63) is 23.4 Å². The molecule has 2 heterocycles. The number of ether oxygens (including phenoxy) is 1. The number of aryl methyl sites for hydroxylation is 1. The summed E-state index contributed by atoms with van der Waals surface area (Å²) in [5.74, 6) is 0.627. The number of nitrogens with two attached hydrogens (primary N) is 1. The van der Waals surface area contributed by atoms with Gasteiger partial charge >= 0.3 is 0 Å². The van der Waals surface area contributed by atoms with Gasteiger partial charge in [-0.1, -0.05) is 0 Å². The Morgan fingerprint density at radius 2 is 2.47 bits per heavy atom. The molecule has 2 atom stereocenters. The topological polar surface area (TPSA) is 60.2 Å². The number of nitrogen functional groups attached to an aromatic ring is 1. The van der Waals surface area contributed by atoms with Gasteiger partial charge in [0, 0.05) is 24.4 Å². The van der Waals surface area contributed by atoms with Gasteiger partial charge < -0.3 is 15.8 Å². The number of nitrogens with one attached hydrogen (secondary N) is 1. The number of nitrogens with zero attached hydrogens (tertiary/aromatic N) is 1. The highest BCUT2D eigenvalue weighted by molar-refractivity contribution is 5.46. The van der Waals surface area contributed by atoms with Crippen LogP contribution in [0.25, 0.3) is 0 Å². The van der Waals surface area contributed by atoms with Crippen LogP contribution >= 0.6 is 0 Å². The molecule has 0 aromatic carbocycles. The van der Waals surface area contributed by atoms with Gasteiger partial charge in [-0.15, -0.1) is 0 Å². The molecule has 3 N–H and O–H groups in total. The fourth-order valence-corrected chi connectivity index (χ4v) is 2.52. The summed E-state index contributed by atoms with van der Waals surface area (Å²) in [7, 11) is 1.96. The minimum Gasteiger partial charge on any atom is -0.383 e. The lowest BCUT2D eigenvalue weighted by Gasteiger charge is -2.22. The lowest BCUT2D eigenvalue weighted by molar-refractivity contribution is 0.0954. The molecule has 4 nitrogen and oxygen atoms in total. The second-order valence-electron chi connectivity index (χ2n) is 4.64. The number of anilines is 1. The molecule has 1 aromatic rings. The van der Waals surface area contributed by atoms with E-state index >= 15 is 0 Å². The van der Waals surface area contributed by atoms with Gasteiger partial charge in [-0.2, -0.15) is 0 Å². The van der Waals surface area contributed by atoms with E-state index in [2.05, 4.69) is 17.2 Å². The zero-order valence-electron chi connectivity index (χ0n) is 10.6. The summed E-state index contributed by atoms with van der Waals surface area (Å²) in [6.07, 6.45) is 5.40. The summed E-state index contributed by atoms with van der Waals surface area (Å²) in [5, 5.41) is 3.33. The van der Waals surface area contributed by atoms with Crippen molar-refractivity contribution in [3.63, 3.8) is 0 Å². The van der Waals surface area contributed by atoms with Crippen LogP contribution in [-0.2, 0) is 4.74 Å². The fourth-order valence-electron chi connectivity index (χ4n) is 2.52. The van der Waals surface area contributed by atoms with Crippen molar-refractivity contribution in [1.82, 2.24) is 10.3 Å². The molecule has 0 aliphatic carbocycles. The first kappa shape index (κ1) is 12.3. The van der Waals surface area contributed by atoms with Crippen molar-refractivity contribution in [2.45, 2.75) is 38.3 Å². The maximum atomic E-state index is 5.98. The van der Waals surface area contributed by atoms with Gasteiger partial charge in [-0.05, 0) is 44.9 Å². The molecule has 1 aliphatic rings. The van der Waals surface area contributed by atoms with Crippen LogP contribution in [-0.4, -0.2) is 24.7 Å². The Bertz CT molecular complexity index is 355. The fraction of sp³-hybridized carbons (Fsp3) is 0.615. The Balaban J connectivity index is 2.16. The van der Waals surface area contributed by atoms with Gasteiger partial charge in [0.05, 0.1) is 6.10 Å². The summed E-state index contributed by atoms with van der Waals surface area (Å²) >= 11 is 0. The summed E-state index contributed by atoms with van der Waals surface area (Å²) in [4.78, 5) is 4.18. The second-order valence-corrected chi connectivity index (χ2v) is 4.64. The Morgan fingerprint density at radius 1 is 1.65 bits per heavy atom. The molecule has 17 heavy (non-hydrogen) atoms. The van der Waals surface area contributed by atoms with Crippen molar-refractivity contribution >= 4 is 5.82 Å². The van der Waals surface area contributed by atoms with Crippen LogP contribution in [0.4, 0.5) is 5.82 Å². The standard InChI is InChI=1S/C13H21N3O/c1-9-5-6-16-13(14)12(9)11(15-2)8-10-4-3-7-17-10/h5-6,10-11,15H,3-4,7-8H2,1-2H3,(H2,14,16). The third-order valence-corrected chi connectivity index (χ3v) is 3.46. The summed E-state index contributed by atoms with van der Waals surface area (Å²) in [6, 6.07) is 2.23. The predicted octanol–water partition coefficient (Wildman–Crippen LogP) is 1.80. The molecule has 94 valence electrons. The Labute approximate surface area is 103 Å². The highest BCUT2D eigenvalue weighted by atomic mass is 16.5. The van der Waals surface area contributed by atoms with E-state index in [0.717, 1.165) is 25.0 Å². The number of hydrogen-bond donors (Lipinski definition) is 2. The molecule has 2 unspecified atom stereocenters. The molecule has 0 bridgehead atoms. The van der Waals surface area contributed by atoms with Crippen molar-refractivity contribution in [2.24, 2.45) is 0 Å². The normalized spacial score (nSPS) is 21.6. The van der Waals surface area contributed by atoms with Crippen LogP contribution in [0.15, 0.2) is 12.3 Å². The minimum atomic E-state index is 0.229. The molecule has 1 aromatic heterocycles. The van der Waals surface area contributed by atoms with E-state index in [0.29, 0.717) is 11.9 Å². The van der Waals surface area contributed by atoms with Gasteiger partial charge in [0.25, 0.3) is 0 Å². The lowest BCUT2D eigenvalue weighted by Crippen LogP contribution is -2.24. The Hall–Kier alpha value is -1.13. The average Bonchev–Trinajstić information content (AvgIpc) is 2.80. The molecular weight excluding hydrogens is 214 g/mol. The van der Waals surface area contributed by atoms with Gasteiger partial charge in [-0.25, -0.2) is 4.98 Å². The van der Waals surface area contributed by atoms with Gasteiger partial charge in [0.1, 0.15) is 5.82 Å². The SMILES string of the molecule is CNC(CC1CCCO1)c1c(C)ccnc1N. The zero-order valence-corrected chi connectivity index (χ0v) is 10.6. The third kappa shape index (κ3) is 2.76. The van der Waals surface area contributed by atoms with E-state index in [4.69, 9.17) is 10.5 Å². The maximum absolute atomic E-state index is 5.98. The van der Waals surface area contributed by atoms with E-state index in [1.54, 1.807) is 6.20 Å². The molecule has 0 radical (unpaired) electrons. The smallest absolute Gasteiger partial charge is 0.128 e. The third-order valence-electron chi connectivity index (χ3n) is 3.46. The predicted molar refractivity (Wildman–Crippen MR) is 68.8 cm³/mol. The monoisotopic (exact) mass is 235 g/mol. The average molecular weight is 235 g/mol. The number of aromatic nitrogens is 1. The van der Waals surface area contributed by atoms with Crippen LogP contribution in [0, 0.1) is 6.92 Å². The van der Waals surface area contributed by atoms with Crippen molar-refractivity contribution in [3.8, 4) is 0 Å². The zero-order chi connectivity index (χ0) is 12.3. The summed E-state index contributed by atoms with van der Waals surface area (Å²) in [5.41, 5.74) is 8.29. The first-order chi connectivity index (χ1) is 8.22. The first-order valence-electron chi connectivity index (χ1n) is 6.22. The van der Waals surface area contributed by atoms with Crippen molar-refractivity contribution in [2.75, 3.05) is 19.4 Å². The lowest BCUT2D eigenvalue weighted by atomic mass is 9.96. The quantitative estimate of drug-likeness (QED) is 0.835. The van der Waals surface area contributed by atoms with E-state index in [1.165, 1.54) is 12.0 Å². The van der Waals surface area contributed by atoms with Crippen LogP contribution < -0.4 is 11.1 Å². The van der Waals surface area contributed by atoms with E-state index in [9.17, 15) is 0 Å². The molecule has 0 saturated carbocycles. The largest absolute Gasteiger partial charge is 0.383 e. The van der Waals surface area contributed by atoms with Crippen LogP contribution in [0.2, 0.25) is 0 Å². The van der Waals surface area contributed by atoms with Crippen molar-refractivity contribution < 1.29 is 4.74 Å². The highest BCUT2D eigenvalue weighted by Gasteiger charge is 2.23. The van der Waals surface area contributed by atoms with E-state index < -0.39 is 0 Å². The molecule has 1 fully saturated rings. The highest BCUT2D eigenvalue weighted by Crippen LogP contribution is 2.29. The van der Waals surface area contributed by atoms with Crippen LogP contribution in [0.3, 0.4) is 0 Å². The Morgan fingerprint density at radius 3 is 3.06 bits per heavy atom. The maximum Gasteiger partial charge on any atom is 0.128 e. The number of pyridine rings is 1. The molecule has 2 rings (SSSR count). The minimum absolute atomic E-state index is 0.229. The van der Waals surface area contributed by atoms with E-state index in [1.807, 2.05) is 13.1 Å². The first-order valence-corrected chi connectivity index (χ1v) is 6.22. The summed E-state index contributed by atoms with van der Waals surface area (Å²) in [6.45, 7) is 2.97. The molecule has 1 saturated heterocycles. The molecule has 1 aliphatic heterocycles. The van der Waals surface area contributed by atoms with Crippen LogP contribution in [0.1, 0.15) is 36.4 Å². The molecular formula is C13H21N3O. The molecule has 0 amide bonds. The van der Waals surface area contributed by atoms with Gasteiger partial charge in [0.15, 0.2) is 0 Å². The Kier molecular flexibility index (Phi) is 3.97. The van der Waals surface area contributed by atoms with Crippen molar-refractivity contribution in [1.29, 1.82) is 0 Å². The number of rotatable bonds is 4. The van der Waals surface area contributed by atoms with Crippen LogP contribution in [0.5, 0.6) is 0 Å². The van der Waals surface area contributed by atoms with Gasteiger partial charge in [0.2, 0.25) is 0 Å². The summed E-state index contributed by atoms with van der Waals surface area (Å²) < 4.78 is 5.69. The van der Waals surface area contributed by atoms with Gasteiger partial charge in [-0.3, -0.25) is 0 Å². The van der Waals surface area contributed by atoms with E-state index in [-0.39, 0.29) is 6.04 Å².